The Hall–Kier alpha value is -2.00. The van der Waals surface area contributed by atoms with Gasteiger partial charge in [0.1, 0.15) is 5.76 Å². The van der Waals surface area contributed by atoms with Crippen LogP contribution in [0.4, 0.5) is 0 Å². The second-order valence-electron chi connectivity index (χ2n) is 8.52. The Labute approximate surface area is 165 Å². The summed E-state index contributed by atoms with van der Waals surface area (Å²) in [5.41, 5.74) is 12.0. The lowest BCUT2D eigenvalue weighted by Crippen LogP contribution is -2.29. The van der Waals surface area contributed by atoms with E-state index >= 15 is 0 Å². The van der Waals surface area contributed by atoms with Gasteiger partial charge in [0, 0.05) is 17.9 Å². The summed E-state index contributed by atoms with van der Waals surface area (Å²) in [4.78, 5) is 0. The van der Waals surface area contributed by atoms with Crippen LogP contribution in [0.5, 0.6) is 0 Å². The maximum Gasteiger partial charge on any atom is 0.115 e. The Kier molecular flexibility index (Phi) is 7.91. The van der Waals surface area contributed by atoms with Gasteiger partial charge in [0.05, 0.1) is 0 Å². The lowest BCUT2D eigenvalue weighted by Gasteiger charge is -2.35. The molecule has 150 valence electrons. The van der Waals surface area contributed by atoms with E-state index in [0.29, 0.717) is 28.7 Å². The summed E-state index contributed by atoms with van der Waals surface area (Å²) < 4.78 is 0. The molecule has 0 aliphatic heterocycles. The minimum atomic E-state index is -0.135. The van der Waals surface area contributed by atoms with Crippen molar-refractivity contribution in [2.75, 3.05) is 6.61 Å². The van der Waals surface area contributed by atoms with Crippen LogP contribution in [0, 0.1) is 17.3 Å². The molecule has 1 aliphatic rings. The molecular formula is C24H37NO2. The van der Waals surface area contributed by atoms with Gasteiger partial charge in [-0.3, -0.25) is 0 Å². The summed E-state index contributed by atoms with van der Waals surface area (Å²) in [6.45, 7) is 20.3. The van der Waals surface area contributed by atoms with E-state index in [0.717, 1.165) is 18.4 Å². The topological polar surface area (TPSA) is 66.5 Å². The van der Waals surface area contributed by atoms with Crippen molar-refractivity contribution in [1.29, 1.82) is 0 Å². The van der Waals surface area contributed by atoms with Gasteiger partial charge in [-0.15, -0.1) is 0 Å². The molecule has 2 atom stereocenters. The number of hydrogen-bond donors (Lipinski definition) is 3. The molecule has 1 aliphatic carbocycles. The highest BCUT2D eigenvalue weighted by molar-refractivity contribution is 5.51. The molecule has 0 saturated heterocycles. The Morgan fingerprint density at radius 2 is 1.96 bits per heavy atom. The molecular weight excluding hydrogens is 334 g/mol. The molecule has 2 unspecified atom stereocenters. The van der Waals surface area contributed by atoms with E-state index < -0.39 is 0 Å². The van der Waals surface area contributed by atoms with Crippen molar-refractivity contribution in [1.82, 2.24) is 0 Å². The summed E-state index contributed by atoms with van der Waals surface area (Å²) in [6.07, 6.45) is 7.69. The van der Waals surface area contributed by atoms with E-state index in [9.17, 15) is 10.2 Å². The van der Waals surface area contributed by atoms with Crippen LogP contribution in [0.25, 0.3) is 0 Å². The van der Waals surface area contributed by atoms with Gasteiger partial charge in [-0.25, -0.2) is 0 Å². The van der Waals surface area contributed by atoms with Crippen LogP contribution in [-0.4, -0.2) is 16.8 Å². The predicted octanol–water partition coefficient (Wildman–Crippen LogP) is 5.73. The third-order valence-corrected chi connectivity index (χ3v) is 6.03. The van der Waals surface area contributed by atoms with Gasteiger partial charge in [0.2, 0.25) is 0 Å². The fourth-order valence-corrected chi connectivity index (χ4v) is 3.43. The van der Waals surface area contributed by atoms with Gasteiger partial charge >= 0.3 is 0 Å². The normalized spacial score (nSPS) is 20.4. The Balaban J connectivity index is 3.21. The first-order chi connectivity index (χ1) is 12.4. The molecule has 0 fully saturated rings. The Bertz CT molecular complexity index is 717. The minimum Gasteiger partial charge on any atom is -0.508 e. The molecule has 3 nitrogen and oxygen atoms in total. The fourth-order valence-electron chi connectivity index (χ4n) is 3.43. The maximum atomic E-state index is 9.73. The van der Waals surface area contributed by atoms with Crippen LogP contribution >= 0.6 is 0 Å². The number of nitrogens with two attached hydrogens (primary N) is 1. The Morgan fingerprint density at radius 3 is 2.44 bits per heavy atom. The zero-order valence-electron chi connectivity index (χ0n) is 17.9. The maximum absolute atomic E-state index is 9.73. The number of hydrogen-bond acceptors (Lipinski definition) is 3. The van der Waals surface area contributed by atoms with Gasteiger partial charge in [0.25, 0.3) is 0 Å². The van der Waals surface area contributed by atoms with Crippen LogP contribution in [-0.2, 0) is 0 Å². The SMILES string of the molecule is C=C(O)/C(=C/C)C(=C)/C=C(\N)C1=CC(C)=C(C)CC1CC(C)C(C)(C)CO. The van der Waals surface area contributed by atoms with Crippen molar-refractivity contribution in [3.8, 4) is 0 Å². The van der Waals surface area contributed by atoms with E-state index in [2.05, 4.69) is 53.9 Å². The molecule has 0 saturated carbocycles. The number of aliphatic hydroxyl groups is 2. The largest absolute Gasteiger partial charge is 0.508 e. The highest BCUT2D eigenvalue weighted by atomic mass is 16.3. The zero-order chi connectivity index (χ0) is 20.9. The minimum absolute atomic E-state index is 0.00837. The van der Waals surface area contributed by atoms with Crippen LogP contribution in [0.15, 0.2) is 70.7 Å². The molecule has 0 heterocycles. The van der Waals surface area contributed by atoms with Gasteiger partial charge in [0.15, 0.2) is 0 Å². The van der Waals surface area contributed by atoms with Gasteiger partial charge in [-0.2, -0.15) is 0 Å². The smallest absolute Gasteiger partial charge is 0.115 e. The zero-order valence-corrected chi connectivity index (χ0v) is 17.9. The van der Waals surface area contributed by atoms with E-state index in [1.807, 2.05) is 13.0 Å². The number of aliphatic hydroxyl groups excluding tert-OH is 2. The van der Waals surface area contributed by atoms with E-state index in [1.165, 1.54) is 11.1 Å². The van der Waals surface area contributed by atoms with Crippen molar-refractivity contribution in [2.24, 2.45) is 23.0 Å². The molecule has 1 rings (SSSR count). The van der Waals surface area contributed by atoms with Gasteiger partial charge in [-0.1, -0.05) is 57.2 Å². The summed E-state index contributed by atoms with van der Waals surface area (Å²) in [6, 6.07) is 0. The quantitative estimate of drug-likeness (QED) is 0.377. The van der Waals surface area contributed by atoms with Crippen LogP contribution in [0.2, 0.25) is 0 Å². The van der Waals surface area contributed by atoms with Gasteiger partial charge < -0.3 is 15.9 Å². The van der Waals surface area contributed by atoms with Crippen molar-refractivity contribution in [3.63, 3.8) is 0 Å². The summed E-state index contributed by atoms with van der Waals surface area (Å²) in [7, 11) is 0. The fraction of sp³-hybridized carbons (Fsp3) is 0.500. The molecule has 27 heavy (non-hydrogen) atoms. The Morgan fingerprint density at radius 1 is 1.37 bits per heavy atom. The molecule has 0 spiro atoms. The van der Waals surface area contributed by atoms with E-state index in [4.69, 9.17) is 5.73 Å². The second kappa shape index (κ2) is 9.27. The molecule has 3 heteroatoms. The molecule has 0 aromatic rings. The van der Waals surface area contributed by atoms with Crippen molar-refractivity contribution >= 4 is 0 Å². The molecule has 4 N–H and O–H groups in total. The van der Waals surface area contributed by atoms with Crippen molar-refractivity contribution < 1.29 is 10.2 Å². The molecule has 0 aromatic heterocycles. The molecule has 0 radical (unpaired) electrons. The lowest BCUT2D eigenvalue weighted by atomic mass is 9.71. The van der Waals surface area contributed by atoms with E-state index in [-0.39, 0.29) is 17.8 Å². The second-order valence-corrected chi connectivity index (χ2v) is 8.52. The van der Waals surface area contributed by atoms with Crippen LogP contribution < -0.4 is 5.73 Å². The third kappa shape index (κ3) is 5.74. The molecule has 0 aromatic carbocycles. The molecule has 0 bridgehead atoms. The summed E-state index contributed by atoms with van der Waals surface area (Å²) in [5.74, 6) is 0.636. The van der Waals surface area contributed by atoms with Gasteiger partial charge in [-0.05, 0) is 68.1 Å². The lowest BCUT2D eigenvalue weighted by molar-refractivity contribution is 0.0930. The van der Waals surface area contributed by atoms with Crippen LogP contribution in [0.3, 0.4) is 0 Å². The number of rotatable bonds is 8. The third-order valence-electron chi connectivity index (χ3n) is 6.03. The van der Waals surface area contributed by atoms with Crippen molar-refractivity contribution in [3.05, 3.63) is 70.7 Å². The van der Waals surface area contributed by atoms with Crippen LogP contribution in [0.1, 0.15) is 54.4 Å². The highest BCUT2D eigenvalue weighted by Crippen LogP contribution is 2.40. The number of allylic oxidation sites excluding steroid dienone is 7. The predicted molar refractivity (Wildman–Crippen MR) is 116 cm³/mol. The average Bonchev–Trinajstić information content (AvgIpc) is 2.57. The average molecular weight is 372 g/mol. The summed E-state index contributed by atoms with van der Waals surface area (Å²) in [5, 5.41) is 19.4. The monoisotopic (exact) mass is 371 g/mol. The standard InChI is InChI=1S/C24H37NO2/c1-9-21(19(6)27)17(4)12-23(25)22-11-16(3)15(2)10-20(22)13-18(5)24(7,8)14-26/h9,11-12,18,20,26-27H,4,6,10,13-14,25H2,1-3,5,7-8H3/b21-9+,23-12-. The van der Waals surface area contributed by atoms with E-state index in [1.54, 1.807) is 6.08 Å². The highest BCUT2D eigenvalue weighted by Gasteiger charge is 2.30. The first kappa shape index (κ1) is 23.0. The van der Waals surface area contributed by atoms with Crippen molar-refractivity contribution in [2.45, 2.75) is 54.4 Å². The first-order valence-corrected chi connectivity index (χ1v) is 9.64. The first-order valence-electron chi connectivity index (χ1n) is 9.64. The summed E-state index contributed by atoms with van der Waals surface area (Å²) >= 11 is 0. The molecule has 0 amide bonds.